The van der Waals surface area contributed by atoms with E-state index in [4.69, 9.17) is 0 Å². The van der Waals surface area contributed by atoms with Crippen molar-refractivity contribution in [2.24, 2.45) is 7.05 Å². The SMILES string of the molecule is Cn1nccc1NS(=O)(=O)c1cccc(F)c1. The number of anilines is 1. The molecule has 0 saturated heterocycles. The van der Waals surface area contributed by atoms with Gasteiger partial charge >= 0.3 is 0 Å². The molecule has 0 spiro atoms. The van der Waals surface area contributed by atoms with Gasteiger partial charge in [-0.05, 0) is 18.2 Å². The molecule has 17 heavy (non-hydrogen) atoms. The summed E-state index contributed by atoms with van der Waals surface area (Å²) in [6.45, 7) is 0. The normalized spacial score (nSPS) is 11.4. The maximum atomic E-state index is 12.9. The van der Waals surface area contributed by atoms with Gasteiger partial charge in [0.2, 0.25) is 0 Å². The highest BCUT2D eigenvalue weighted by Crippen LogP contribution is 2.15. The van der Waals surface area contributed by atoms with Crippen molar-refractivity contribution in [1.82, 2.24) is 9.78 Å². The van der Waals surface area contributed by atoms with E-state index < -0.39 is 15.8 Å². The molecule has 0 unspecified atom stereocenters. The lowest BCUT2D eigenvalue weighted by molar-refractivity contribution is 0.594. The first-order chi connectivity index (χ1) is 7.99. The number of rotatable bonds is 3. The number of hydrogen-bond acceptors (Lipinski definition) is 3. The molecular formula is C10H10FN3O2S. The van der Waals surface area contributed by atoms with Gasteiger partial charge in [0.15, 0.2) is 0 Å². The molecule has 0 saturated carbocycles. The van der Waals surface area contributed by atoms with Crippen LogP contribution in [0.2, 0.25) is 0 Å². The van der Waals surface area contributed by atoms with Crippen LogP contribution in [-0.2, 0) is 17.1 Å². The lowest BCUT2D eigenvalue weighted by Crippen LogP contribution is -2.15. The van der Waals surface area contributed by atoms with Crippen LogP contribution in [-0.4, -0.2) is 18.2 Å². The highest BCUT2D eigenvalue weighted by molar-refractivity contribution is 7.92. The molecule has 1 aromatic carbocycles. The average Bonchev–Trinajstić information content (AvgIpc) is 2.64. The molecule has 2 rings (SSSR count). The molecule has 0 atom stereocenters. The standard InChI is InChI=1S/C10H10FN3O2S/c1-14-10(5-6-12-14)13-17(15,16)9-4-2-3-8(11)7-9/h2-7,13H,1H3. The van der Waals surface area contributed by atoms with Crippen LogP contribution in [0.4, 0.5) is 10.2 Å². The molecule has 0 amide bonds. The summed E-state index contributed by atoms with van der Waals surface area (Å²) >= 11 is 0. The fourth-order valence-electron chi connectivity index (χ4n) is 1.30. The Kier molecular flexibility index (Phi) is 2.84. The molecule has 0 aliphatic rings. The number of nitrogens with one attached hydrogen (secondary N) is 1. The van der Waals surface area contributed by atoms with Gasteiger partial charge in [-0.3, -0.25) is 9.40 Å². The van der Waals surface area contributed by atoms with Crippen molar-refractivity contribution < 1.29 is 12.8 Å². The van der Waals surface area contributed by atoms with Crippen molar-refractivity contribution in [3.63, 3.8) is 0 Å². The summed E-state index contributed by atoms with van der Waals surface area (Å²) in [5, 5.41) is 3.83. The van der Waals surface area contributed by atoms with E-state index in [2.05, 4.69) is 9.82 Å². The van der Waals surface area contributed by atoms with Crippen LogP contribution in [0.3, 0.4) is 0 Å². The minimum absolute atomic E-state index is 0.126. The molecule has 1 heterocycles. The van der Waals surface area contributed by atoms with Gasteiger partial charge < -0.3 is 0 Å². The Morgan fingerprint density at radius 3 is 2.71 bits per heavy atom. The van der Waals surface area contributed by atoms with E-state index in [1.807, 2.05) is 0 Å². The third-order valence-electron chi connectivity index (χ3n) is 2.17. The van der Waals surface area contributed by atoms with E-state index in [-0.39, 0.29) is 4.90 Å². The second-order valence-corrected chi connectivity index (χ2v) is 5.09. The second-order valence-electron chi connectivity index (χ2n) is 3.40. The first-order valence-electron chi connectivity index (χ1n) is 4.75. The van der Waals surface area contributed by atoms with Gasteiger partial charge in [-0.15, -0.1) is 0 Å². The Bertz CT molecular complexity index is 637. The average molecular weight is 255 g/mol. The van der Waals surface area contributed by atoms with Crippen molar-refractivity contribution >= 4 is 15.8 Å². The molecule has 0 fully saturated rings. The number of sulfonamides is 1. The van der Waals surface area contributed by atoms with Crippen LogP contribution in [0, 0.1) is 5.82 Å². The van der Waals surface area contributed by atoms with Crippen LogP contribution >= 0.6 is 0 Å². The van der Waals surface area contributed by atoms with Gasteiger partial charge in [-0.1, -0.05) is 6.07 Å². The molecule has 1 N–H and O–H groups in total. The Balaban J connectivity index is 2.35. The number of aromatic nitrogens is 2. The van der Waals surface area contributed by atoms with Crippen molar-refractivity contribution in [3.05, 3.63) is 42.3 Å². The summed E-state index contributed by atoms with van der Waals surface area (Å²) in [7, 11) is -2.18. The summed E-state index contributed by atoms with van der Waals surface area (Å²) in [5.41, 5.74) is 0. The van der Waals surface area contributed by atoms with Crippen molar-refractivity contribution in [3.8, 4) is 0 Å². The Morgan fingerprint density at radius 1 is 1.35 bits per heavy atom. The zero-order chi connectivity index (χ0) is 12.5. The van der Waals surface area contributed by atoms with E-state index in [0.29, 0.717) is 5.82 Å². The minimum atomic E-state index is -3.78. The van der Waals surface area contributed by atoms with Gasteiger partial charge in [0.25, 0.3) is 10.0 Å². The Morgan fingerprint density at radius 2 is 2.12 bits per heavy atom. The summed E-state index contributed by atoms with van der Waals surface area (Å²) in [6, 6.07) is 6.31. The van der Waals surface area contributed by atoms with Crippen LogP contribution < -0.4 is 4.72 Å². The van der Waals surface area contributed by atoms with Crippen LogP contribution in [0.15, 0.2) is 41.4 Å². The second kappa shape index (κ2) is 4.17. The molecule has 1 aromatic heterocycles. The smallest absolute Gasteiger partial charge is 0.263 e. The number of nitrogens with zero attached hydrogens (tertiary/aromatic N) is 2. The highest BCUT2D eigenvalue weighted by Gasteiger charge is 2.16. The Labute approximate surface area is 97.9 Å². The van der Waals surface area contributed by atoms with Gasteiger partial charge in [-0.25, -0.2) is 12.8 Å². The fraction of sp³-hybridized carbons (Fsp3) is 0.100. The predicted molar refractivity (Wildman–Crippen MR) is 60.4 cm³/mol. The number of halogens is 1. The molecule has 0 aliphatic carbocycles. The fourth-order valence-corrected chi connectivity index (χ4v) is 2.42. The lowest BCUT2D eigenvalue weighted by Gasteiger charge is -2.07. The molecular weight excluding hydrogens is 245 g/mol. The van der Waals surface area contributed by atoms with Crippen LogP contribution in [0.1, 0.15) is 0 Å². The maximum Gasteiger partial charge on any atom is 0.263 e. The molecule has 7 heteroatoms. The largest absolute Gasteiger partial charge is 0.264 e. The first kappa shape index (κ1) is 11.6. The third kappa shape index (κ3) is 2.44. The van der Waals surface area contributed by atoms with Gasteiger partial charge in [0.1, 0.15) is 11.6 Å². The maximum absolute atomic E-state index is 12.9. The molecule has 0 bridgehead atoms. The molecule has 2 aromatic rings. The van der Waals surface area contributed by atoms with E-state index in [9.17, 15) is 12.8 Å². The Hall–Kier alpha value is -1.89. The predicted octanol–water partition coefficient (Wildman–Crippen LogP) is 1.36. The zero-order valence-corrected chi connectivity index (χ0v) is 9.78. The summed E-state index contributed by atoms with van der Waals surface area (Å²) in [6.07, 6.45) is 1.46. The van der Waals surface area contributed by atoms with Gasteiger partial charge in [-0.2, -0.15) is 5.10 Å². The van der Waals surface area contributed by atoms with Gasteiger partial charge in [0.05, 0.1) is 11.1 Å². The molecule has 5 nitrogen and oxygen atoms in total. The number of benzene rings is 1. The summed E-state index contributed by atoms with van der Waals surface area (Å²) < 4.78 is 40.4. The van der Waals surface area contributed by atoms with Crippen molar-refractivity contribution in [2.75, 3.05) is 4.72 Å². The van der Waals surface area contributed by atoms with Crippen LogP contribution in [0.25, 0.3) is 0 Å². The molecule has 0 aliphatic heterocycles. The monoisotopic (exact) mass is 255 g/mol. The van der Waals surface area contributed by atoms with E-state index in [1.165, 1.54) is 35.1 Å². The van der Waals surface area contributed by atoms with E-state index in [1.54, 1.807) is 7.05 Å². The van der Waals surface area contributed by atoms with E-state index >= 15 is 0 Å². The number of aryl methyl sites for hydroxylation is 1. The summed E-state index contributed by atoms with van der Waals surface area (Å²) in [5.74, 6) is -0.285. The quantitative estimate of drug-likeness (QED) is 0.900. The summed E-state index contributed by atoms with van der Waals surface area (Å²) in [4.78, 5) is -0.126. The zero-order valence-electron chi connectivity index (χ0n) is 8.96. The van der Waals surface area contributed by atoms with Crippen molar-refractivity contribution in [1.29, 1.82) is 0 Å². The topological polar surface area (TPSA) is 64.0 Å². The highest BCUT2D eigenvalue weighted by atomic mass is 32.2. The lowest BCUT2D eigenvalue weighted by atomic mass is 10.4. The molecule has 0 radical (unpaired) electrons. The number of hydrogen-bond donors (Lipinski definition) is 1. The molecule has 90 valence electrons. The van der Waals surface area contributed by atoms with Crippen LogP contribution in [0.5, 0.6) is 0 Å². The third-order valence-corrected chi connectivity index (χ3v) is 3.52. The first-order valence-corrected chi connectivity index (χ1v) is 6.24. The van der Waals surface area contributed by atoms with Crippen molar-refractivity contribution in [2.45, 2.75) is 4.90 Å². The van der Waals surface area contributed by atoms with Gasteiger partial charge in [0, 0.05) is 13.1 Å². The minimum Gasteiger partial charge on any atom is -0.264 e. The van der Waals surface area contributed by atoms with E-state index in [0.717, 1.165) is 6.07 Å².